The number of methoxy groups -OCH3 is 1. The van der Waals surface area contributed by atoms with Crippen LogP contribution in [-0.4, -0.2) is 49.7 Å². The van der Waals surface area contributed by atoms with Crippen molar-refractivity contribution in [1.29, 1.82) is 0 Å². The second-order valence-corrected chi connectivity index (χ2v) is 6.44. The SMILES string of the molecule is COc1ccc(CCc2ccccc2OC[C@@H](O)CN2CNNC2)cc1. The Morgan fingerprint density at radius 1 is 1.04 bits per heavy atom. The molecule has 0 amide bonds. The van der Waals surface area contributed by atoms with Crippen molar-refractivity contribution in [2.24, 2.45) is 0 Å². The van der Waals surface area contributed by atoms with Crippen molar-refractivity contribution in [2.75, 3.05) is 33.6 Å². The maximum absolute atomic E-state index is 10.2. The van der Waals surface area contributed by atoms with Crippen LogP contribution in [-0.2, 0) is 12.8 Å². The molecule has 3 N–H and O–H groups in total. The molecule has 26 heavy (non-hydrogen) atoms. The number of benzene rings is 2. The van der Waals surface area contributed by atoms with Crippen LogP contribution in [0.3, 0.4) is 0 Å². The third-order valence-corrected chi connectivity index (χ3v) is 4.45. The van der Waals surface area contributed by atoms with E-state index in [9.17, 15) is 5.11 Å². The highest BCUT2D eigenvalue weighted by atomic mass is 16.5. The summed E-state index contributed by atoms with van der Waals surface area (Å²) in [5, 5.41) is 10.2. The minimum absolute atomic E-state index is 0.288. The van der Waals surface area contributed by atoms with E-state index in [-0.39, 0.29) is 6.61 Å². The maximum atomic E-state index is 10.2. The molecule has 0 spiro atoms. The van der Waals surface area contributed by atoms with Gasteiger partial charge in [0.05, 0.1) is 20.4 Å². The van der Waals surface area contributed by atoms with E-state index >= 15 is 0 Å². The summed E-state index contributed by atoms with van der Waals surface area (Å²) < 4.78 is 11.1. The second kappa shape index (κ2) is 9.54. The van der Waals surface area contributed by atoms with Crippen LogP contribution in [0.2, 0.25) is 0 Å². The molecular formula is C20H27N3O3. The number of ether oxygens (including phenoxy) is 2. The number of β-amino-alcohol motifs (C(OH)–C–C–N with tert-alkyl or cyclic N) is 1. The molecule has 0 radical (unpaired) electrons. The van der Waals surface area contributed by atoms with Crippen molar-refractivity contribution in [3.05, 3.63) is 59.7 Å². The van der Waals surface area contributed by atoms with Gasteiger partial charge in [-0.15, -0.1) is 0 Å². The Morgan fingerprint density at radius 2 is 1.77 bits per heavy atom. The predicted octanol–water partition coefficient (Wildman–Crippen LogP) is 1.54. The van der Waals surface area contributed by atoms with E-state index in [0.29, 0.717) is 6.54 Å². The number of hydrogen-bond donors (Lipinski definition) is 3. The molecule has 1 saturated heterocycles. The smallest absolute Gasteiger partial charge is 0.122 e. The zero-order valence-electron chi connectivity index (χ0n) is 15.1. The standard InChI is InChI=1S/C20H27N3O3/c1-25-19-10-7-16(8-11-19)6-9-17-4-2-3-5-20(17)26-13-18(24)12-23-14-21-22-15-23/h2-5,7-8,10-11,18,21-22,24H,6,9,12-15H2,1H3/t18-/m0/s1. The Labute approximate surface area is 154 Å². The summed E-state index contributed by atoms with van der Waals surface area (Å²) in [7, 11) is 1.67. The Balaban J connectivity index is 1.51. The lowest BCUT2D eigenvalue weighted by Crippen LogP contribution is -2.35. The molecule has 6 nitrogen and oxygen atoms in total. The van der Waals surface area contributed by atoms with Gasteiger partial charge in [-0.1, -0.05) is 30.3 Å². The van der Waals surface area contributed by atoms with Crippen molar-refractivity contribution >= 4 is 0 Å². The van der Waals surface area contributed by atoms with E-state index in [2.05, 4.69) is 34.0 Å². The molecule has 1 aliphatic rings. The highest BCUT2D eigenvalue weighted by Crippen LogP contribution is 2.21. The normalized spacial score (nSPS) is 15.8. The van der Waals surface area contributed by atoms with Crippen LogP contribution in [0, 0.1) is 0 Å². The lowest BCUT2D eigenvalue weighted by atomic mass is 10.0. The first kappa shape index (κ1) is 18.7. The van der Waals surface area contributed by atoms with Gasteiger partial charge in [-0.05, 0) is 42.2 Å². The van der Waals surface area contributed by atoms with E-state index in [0.717, 1.165) is 43.2 Å². The fourth-order valence-corrected chi connectivity index (χ4v) is 2.98. The van der Waals surface area contributed by atoms with Gasteiger partial charge in [0.25, 0.3) is 0 Å². The largest absolute Gasteiger partial charge is 0.497 e. The van der Waals surface area contributed by atoms with Gasteiger partial charge in [0.2, 0.25) is 0 Å². The van der Waals surface area contributed by atoms with Crippen LogP contribution in [0.1, 0.15) is 11.1 Å². The lowest BCUT2D eigenvalue weighted by molar-refractivity contribution is 0.0744. The summed E-state index contributed by atoms with van der Waals surface area (Å²) >= 11 is 0. The van der Waals surface area contributed by atoms with Gasteiger partial charge in [0.1, 0.15) is 24.2 Å². The van der Waals surface area contributed by atoms with Gasteiger partial charge in [0, 0.05) is 6.54 Å². The predicted molar refractivity (Wildman–Crippen MR) is 101 cm³/mol. The molecule has 3 rings (SSSR count). The molecule has 1 aliphatic heterocycles. The molecule has 1 heterocycles. The molecule has 2 aromatic carbocycles. The molecule has 6 heteroatoms. The summed E-state index contributed by atoms with van der Waals surface area (Å²) in [6, 6.07) is 16.2. The molecule has 1 fully saturated rings. The van der Waals surface area contributed by atoms with Crippen LogP contribution in [0.4, 0.5) is 0 Å². The van der Waals surface area contributed by atoms with Crippen molar-refractivity contribution in [3.8, 4) is 11.5 Å². The summed E-state index contributed by atoms with van der Waals surface area (Å²) in [6.07, 6.45) is 1.29. The van der Waals surface area contributed by atoms with E-state index in [1.165, 1.54) is 5.56 Å². The number of para-hydroxylation sites is 1. The summed E-state index contributed by atoms with van der Waals surface area (Å²) in [5.74, 6) is 1.72. The van der Waals surface area contributed by atoms with Gasteiger partial charge >= 0.3 is 0 Å². The number of nitrogens with zero attached hydrogens (tertiary/aromatic N) is 1. The van der Waals surface area contributed by atoms with Crippen LogP contribution in [0.5, 0.6) is 11.5 Å². The first-order chi connectivity index (χ1) is 12.7. The van der Waals surface area contributed by atoms with E-state index in [1.807, 2.05) is 30.3 Å². The Hall–Kier alpha value is -2.12. The van der Waals surface area contributed by atoms with Crippen molar-refractivity contribution in [1.82, 2.24) is 15.8 Å². The maximum Gasteiger partial charge on any atom is 0.122 e. The third kappa shape index (κ3) is 5.44. The average molecular weight is 357 g/mol. The molecule has 0 bridgehead atoms. The lowest BCUT2D eigenvalue weighted by Gasteiger charge is -2.19. The number of nitrogens with one attached hydrogen (secondary N) is 2. The van der Waals surface area contributed by atoms with Crippen LogP contribution >= 0.6 is 0 Å². The zero-order valence-corrected chi connectivity index (χ0v) is 15.1. The zero-order chi connectivity index (χ0) is 18.2. The molecule has 140 valence electrons. The van der Waals surface area contributed by atoms with Crippen LogP contribution in [0.25, 0.3) is 0 Å². The van der Waals surface area contributed by atoms with Gasteiger partial charge in [-0.3, -0.25) is 4.90 Å². The van der Waals surface area contributed by atoms with Crippen LogP contribution < -0.4 is 20.3 Å². The Bertz CT molecular complexity index is 672. The van der Waals surface area contributed by atoms with Gasteiger partial charge in [0.15, 0.2) is 0 Å². The number of rotatable bonds is 9. The van der Waals surface area contributed by atoms with E-state index in [4.69, 9.17) is 9.47 Å². The molecule has 0 aliphatic carbocycles. The highest BCUT2D eigenvalue weighted by molar-refractivity contribution is 5.35. The van der Waals surface area contributed by atoms with Gasteiger partial charge in [-0.25, -0.2) is 10.9 Å². The fourth-order valence-electron chi connectivity index (χ4n) is 2.98. The van der Waals surface area contributed by atoms with Crippen LogP contribution in [0.15, 0.2) is 48.5 Å². The topological polar surface area (TPSA) is 66.0 Å². The summed E-state index contributed by atoms with van der Waals surface area (Å²) in [5.41, 5.74) is 8.44. The number of aliphatic hydroxyl groups is 1. The molecule has 0 unspecified atom stereocenters. The number of hydrogen-bond acceptors (Lipinski definition) is 6. The average Bonchev–Trinajstić information content (AvgIpc) is 3.18. The van der Waals surface area contributed by atoms with Gasteiger partial charge in [-0.2, -0.15) is 0 Å². The number of hydrazine groups is 1. The van der Waals surface area contributed by atoms with Crippen molar-refractivity contribution in [2.45, 2.75) is 18.9 Å². The molecule has 0 aromatic heterocycles. The van der Waals surface area contributed by atoms with Crippen molar-refractivity contribution in [3.63, 3.8) is 0 Å². The quantitative estimate of drug-likeness (QED) is 0.633. The molecular weight excluding hydrogens is 330 g/mol. The van der Waals surface area contributed by atoms with E-state index < -0.39 is 6.10 Å². The number of aliphatic hydroxyl groups excluding tert-OH is 1. The summed E-state index contributed by atoms with van der Waals surface area (Å²) in [4.78, 5) is 2.09. The minimum Gasteiger partial charge on any atom is -0.497 e. The highest BCUT2D eigenvalue weighted by Gasteiger charge is 2.16. The first-order valence-electron chi connectivity index (χ1n) is 8.94. The molecule has 2 aromatic rings. The fraction of sp³-hybridized carbons (Fsp3) is 0.400. The molecule has 1 atom stereocenters. The first-order valence-corrected chi connectivity index (χ1v) is 8.94. The second-order valence-electron chi connectivity index (χ2n) is 6.44. The van der Waals surface area contributed by atoms with Crippen molar-refractivity contribution < 1.29 is 14.6 Å². The Morgan fingerprint density at radius 3 is 2.50 bits per heavy atom. The summed E-state index contributed by atoms with van der Waals surface area (Å²) in [6.45, 7) is 2.33. The molecule has 0 saturated carbocycles. The van der Waals surface area contributed by atoms with Gasteiger partial charge < -0.3 is 14.6 Å². The van der Waals surface area contributed by atoms with E-state index in [1.54, 1.807) is 7.11 Å². The Kier molecular flexibility index (Phi) is 6.85. The monoisotopic (exact) mass is 357 g/mol. The third-order valence-electron chi connectivity index (χ3n) is 4.45. The minimum atomic E-state index is -0.522. The number of aryl methyl sites for hydroxylation is 2.